The molecule has 6 nitrogen and oxygen atoms in total. The van der Waals surface area contributed by atoms with E-state index in [0.717, 1.165) is 10.4 Å². The van der Waals surface area contributed by atoms with E-state index in [0.29, 0.717) is 5.56 Å². The summed E-state index contributed by atoms with van der Waals surface area (Å²) in [5.41, 5.74) is -1.03. The van der Waals surface area contributed by atoms with Gasteiger partial charge in [0, 0.05) is 6.61 Å². The number of sulfonamides is 1. The van der Waals surface area contributed by atoms with Crippen LogP contribution in [0, 0.1) is 12.7 Å². The third-order valence-corrected chi connectivity index (χ3v) is 5.10. The summed E-state index contributed by atoms with van der Waals surface area (Å²) < 4.78 is 44.2. The number of carbonyl (C=O) groups is 1. The summed E-state index contributed by atoms with van der Waals surface area (Å²) in [6.45, 7) is 2.82. The van der Waals surface area contributed by atoms with Crippen LogP contribution in [0.25, 0.3) is 0 Å². The van der Waals surface area contributed by atoms with E-state index < -0.39 is 27.4 Å². The summed E-state index contributed by atoms with van der Waals surface area (Å²) in [6, 6.07) is 3.49. The van der Waals surface area contributed by atoms with Crippen molar-refractivity contribution in [2.75, 3.05) is 19.7 Å². The zero-order valence-corrected chi connectivity index (χ0v) is 12.5. The van der Waals surface area contributed by atoms with Crippen molar-refractivity contribution in [1.82, 2.24) is 4.31 Å². The van der Waals surface area contributed by atoms with Crippen molar-refractivity contribution in [2.45, 2.75) is 24.3 Å². The Bertz CT molecular complexity index is 647. The maximum atomic E-state index is 13.3. The smallest absolute Gasteiger partial charge is 0.338 e. The van der Waals surface area contributed by atoms with Gasteiger partial charge in [-0.1, -0.05) is 0 Å². The van der Waals surface area contributed by atoms with Gasteiger partial charge in [-0.2, -0.15) is 4.31 Å². The summed E-state index contributed by atoms with van der Waals surface area (Å²) >= 11 is 0. The minimum Gasteiger partial charge on any atom is -0.479 e. The number of carboxylic acids is 1. The highest BCUT2D eigenvalue weighted by Crippen LogP contribution is 2.31. The molecule has 0 amide bonds. The van der Waals surface area contributed by atoms with Gasteiger partial charge in [-0.05, 0) is 37.6 Å². The minimum atomic E-state index is -3.92. The van der Waals surface area contributed by atoms with Crippen molar-refractivity contribution in [3.05, 3.63) is 29.6 Å². The monoisotopic (exact) mass is 317 g/mol. The van der Waals surface area contributed by atoms with Gasteiger partial charge >= 0.3 is 5.97 Å². The number of aliphatic carboxylic acids is 1. The highest BCUT2D eigenvalue weighted by molar-refractivity contribution is 7.89. The highest BCUT2D eigenvalue weighted by Gasteiger charge is 2.55. The van der Waals surface area contributed by atoms with E-state index in [4.69, 9.17) is 9.84 Å². The Morgan fingerprint density at radius 2 is 2.05 bits per heavy atom. The van der Waals surface area contributed by atoms with Crippen molar-refractivity contribution in [3.63, 3.8) is 0 Å². The molecule has 1 N–H and O–H groups in total. The van der Waals surface area contributed by atoms with Crippen molar-refractivity contribution in [1.29, 1.82) is 0 Å². The first kappa shape index (κ1) is 15.9. The molecule has 1 aromatic carbocycles. The topological polar surface area (TPSA) is 83.9 Å². The Hall–Kier alpha value is -1.51. The molecule has 1 aliphatic heterocycles. The number of ether oxygens (including phenoxy) is 1. The van der Waals surface area contributed by atoms with Gasteiger partial charge in [-0.25, -0.2) is 17.6 Å². The molecule has 116 valence electrons. The number of aryl methyl sites for hydroxylation is 1. The van der Waals surface area contributed by atoms with Gasteiger partial charge in [0.15, 0.2) is 5.60 Å². The molecule has 1 saturated heterocycles. The number of hydrogen-bond acceptors (Lipinski definition) is 4. The first-order chi connectivity index (χ1) is 9.71. The molecule has 0 spiro atoms. The van der Waals surface area contributed by atoms with Crippen LogP contribution in [0.4, 0.5) is 4.39 Å². The van der Waals surface area contributed by atoms with Crippen LogP contribution in [0.1, 0.15) is 12.5 Å². The molecule has 0 aliphatic carbocycles. The second-order valence-electron chi connectivity index (χ2n) is 4.97. The number of benzene rings is 1. The first-order valence-corrected chi connectivity index (χ1v) is 7.80. The number of hydrogen-bond donors (Lipinski definition) is 1. The van der Waals surface area contributed by atoms with Gasteiger partial charge in [-0.3, -0.25) is 0 Å². The van der Waals surface area contributed by atoms with Gasteiger partial charge < -0.3 is 9.84 Å². The standard InChI is InChI=1S/C13H16FNO5S/c1-3-20-13(12(16)17)7-15(8-13)21(18,19)11-5-9(2)4-10(14)6-11/h4-6H,3,7-8H2,1-2H3,(H,16,17). The third kappa shape index (κ3) is 2.78. The second-order valence-corrected chi connectivity index (χ2v) is 6.91. The van der Waals surface area contributed by atoms with Gasteiger partial charge in [0.2, 0.25) is 10.0 Å². The molecule has 0 radical (unpaired) electrons. The van der Waals surface area contributed by atoms with Crippen LogP contribution in [0.3, 0.4) is 0 Å². The zero-order valence-electron chi connectivity index (χ0n) is 11.7. The van der Waals surface area contributed by atoms with E-state index in [2.05, 4.69) is 0 Å². The summed E-state index contributed by atoms with van der Waals surface area (Å²) in [7, 11) is -3.92. The Morgan fingerprint density at radius 1 is 1.43 bits per heavy atom. The normalized spacial score (nSPS) is 18.2. The summed E-state index contributed by atoms with van der Waals surface area (Å²) in [4.78, 5) is 11.0. The molecular weight excluding hydrogens is 301 g/mol. The van der Waals surface area contributed by atoms with Crippen LogP contribution >= 0.6 is 0 Å². The molecule has 1 fully saturated rings. The number of carboxylic acid groups (broad SMARTS) is 1. The molecular formula is C13H16FNO5S. The maximum Gasteiger partial charge on any atom is 0.338 e. The van der Waals surface area contributed by atoms with Crippen LogP contribution in [0.5, 0.6) is 0 Å². The lowest BCUT2D eigenvalue weighted by Crippen LogP contribution is -2.68. The quantitative estimate of drug-likeness (QED) is 0.876. The molecule has 0 unspecified atom stereocenters. The Kier molecular flexibility index (Phi) is 4.05. The lowest BCUT2D eigenvalue weighted by atomic mass is 9.97. The summed E-state index contributed by atoms with van der Waals surface area (Å²) in [6.07, 6.45) is 0. The summed E-state index contributed by atoms with van der Waals surface area (Å²) in [5, 5.41) is 9.15. The average Bonchev–Trinajstić information content (AvgIpc) is 2.31. The number of halogens is 1. The number of rotatable bonds is 5. The van der Waals surface area contributed by atoms with Crippen molar-refractivity contribution in [3.8, 4) is 0 Å². The highest BCUT2D eigenvalue weighted by atomic mass is 32.2. The van der Waals surface area contributed by atoms with Crippen molar-refractivity contribution in [2.24, 2.45) is 0 Å². The third-order valence-electron chi connectivity index (χ3n) is 3.33. The van der Waals surface area contributed by atoms with Crippen molar-refractivity contribution >= 4 is 16.0 Å². The maximum absolute atomic E-state index is 13.3. The van der Waals surface area contributed by atoms with E-state index in [1.54, 1.807) is 13.8 Å². The molecule has 2 rings (SSSR count). The largest absolute Gasteiger partial charge is 0.479 e. The Morgan fingerprint density at radius 3 is 2.52 bits per heavy atom. The molecule has 0 saturated carbocycles. The van der Waals surface area contributed by atoms with E-state index in [1.165, 1.54) is 12.1 Å². The molecule has 8 heteroatoms. The fourth-order valence-electron chi connectivity index (χ4n) is 2.26. The lowest BCUT2D eigenvalue weighted by molar-refractivity contribution is -0.181. The van der Waals surface area contributed by atoms with E-state index >= 15 is 0 Å². The lowest BCUT2D eigenvalue weighted by Gasteiger charge is -2.45. The second kappa shape index (κ2) is 5.36. The molecule has 0 bridgehead atoms. The molecule has 21 heavy (non-hydrogen) atoms. The van der Waals surface area contributed by atoms with Crippen LogP contribution < -0.4 is 0 Å². The predicted octanol–water partition coefficient (Wildman–Crippen LogP) is 0.998. The van der Waals surface area contributed by atoms with E-state index in [9.17, 15) is 17.6 Å². The van der Waals surface area contributed by atoms with E-state index in [-0.39, 0.29) is 24.6 Å². The fraction of sp³-hybridized carbons (Fsp3) is 0.462. The molecule has 0 atom stereocenters. The van der Waals surface area contributed by atoms with E-state index in [1.807, 2.05) is 0 Å². The van der Waals surface area contributed by atoms with Crippen LogP contribution in [-0.2, 0) is 19.6 Å². The van der Waals surface area contributed by atoms with Gasteiger partial charge in [-0.15, -0.1) is 0 Å². The average molecular weight is 317 g/mol. The minimum absolute atomic E-state index is 0.166. The summed E-state index contributed by atoms with van der Waals surface area (Å²) in [5.74, 6) is -1.85. The van der Waals surface area contributed by atoms with Gasteiger partial charge in [0.1, 0.15) is 5.82 Å². The SMILES string of the molecule is CCOC1(C(=O)O)CN(S(=O)(=O)c2cc(C)cc(F)c2)C1. The fourth-order valence-corrected chi connectivity index (χ4v) is 3.91. The van der Waals surface area contributed by atoms with Crippen LogP contribution in [0.15, 0.2) is 23.1 Å². The molecule has 0 aromatic heterocycles. The predicted molar refractivity (Wildman–Crippen MR) is 71.9 cm³/mol. The van der Waals surface area contributed by atoms with Crippen LogP contribution in [0.2, 0.25) is 0 Å². The van der Waals surface area contributed by atoms with Gasteiger partial charge in [0.05, 0.1) is 18.0 Å². The Balaban J connectivity index is 2.26. The zero-order chi connectivity index (χ0) is 15.8. The first-order valence-electron chi connectivity index (χ1n) is 6.36. The molecule has 1 heterocycles. The molecule has 1 aromatic rings. The van der Waals surface area contributed by atoms with Crippen LogP contribution in [-0.4, -0.2) is 49.1 Å². The van der Waals surface area contributed by atoms with Gasteiger partial charge in [0.25, 0.3) is 0 Å². The van der Waals surface area contributed by atoms with Crippen molar-refractivity contribution < 1.29 is 27.4 Å². The molecule has 1 aliphatic rings. The Labute approximate surface area is 122 Å². The number of nitrogens with zero attached hydrogens (tertiary/aromatic N) is 1.